The smallest absolute Gasteiger partial charge is 0.416 e. The maximum absolute atomic E-state index is 13.4. The second-order valence-corrected chi connectivity index (χ2v) is 8.22. The molecule has 1 fully saturated rings. The van der Waals surface area contributed by atoms with Gasteiger partial charge in [-0.2, -0.15) is 13.2 Å². The van der Waals surface area contributed by atoms with Gasteiger partial charge < -0.3 is 14.6 Å². The van der Waals surface area contributed by atoms with Gasteiger partial charge in [0.1, 0.15) is 12.4 Å². The molecule has 1 heterocycles. The van der Waals surface area contributed by atoms with Gasteiger partial charge in [-0.1, -0.05) is 43.7 Å². The SMILES string of the molecule is O=C(O)CCc1ccc(OCC2=C(CC3CCCCC3)CCOC2)cc1C(F)(F)F. The number of alkyl halides is 3. The molecular formula is C23H29F3O4. The van der Waals surface area contributed by atoms with Crippen LogP contribution in [0.25, 0.3) is 0 Å². The summed E-state index contributed by atoms with van der Waals surface area (Å²) in [6.45, 7) is 1.36. The Bertz CT molecular complexity index is 764. The second-order valence-electron chi connectivity index (χ2n) is 8.22. The predicted molar refractivity (Wildman–Crippen MR) is 107 cm³/mol. The van der Waals surface area contributed by atoms with E-state index in [0.29, 0.717) is 19.1 Å². The zero-order valence-corrected chi connectivity index (χ0v) is 17.1. The minimum atomic E-state index is -4.56. The molecule has 0 aromatic heterocycles. The Balaban J connectivity index is 1.70. The van der Waals surface area contributed by atoms with Crippen LogP contribution in [0.1, 0.15) is 62.5 Å². The third kappa shape index (κ3) is 6.49. The first-order chi connectivity index (χ1) is 14.3. The van der Waals surface area contributed by atoms with Crippen molar-refractivity contribution < 1.29 is 32.5 Å². The van der Waals surface area contributed by atoms with Crippen LogP contribution >= 0.6 is 0 Å². The molecule has 0 atom stereocenters. The van der Waals surface area contributed by atoms with Gasteiger partial charge in [0.05, 0.1) is 18.8 Å². The molecule has 1 aromatic rings. The molecule has 1 aliphatic carbocycles. The Kier molecular flexibility index (Phi) is 7.81. The van der Waals surface area contributed by atoms with E-state index in [9.17, 15) is 18.0 Å². The number of hydrogen-bond donors (Lipinski definition) is 1. The number of aryl methyl sites for hydroxylation is 1. The summed E-state index contributed by atoms with van der Waals surface area (Å²) in [7, 11) is 0. The molecule has 0 radical (unpaired) electrons. The summed E-state index contributed by atoms with van der Waals surface area (Å²) in [5.41, 5.74) is 1.51. The predicted octanol–water partition coefficient (Wildman–Crippen LogP) is 5.79. The molecule has 1 N–H and O–H groups in total. The molecule has 0 amide bonds. The van der Waals surface area contributed by atoms with Crippen molar-refractivity contribution >= 4 is 5.97 Å². The molecule has 7 heteroatoms. The van der Waals surface area contributed by atoms with E-state index in [0.717, 1.165) is 24.5 Å². The first kappa shape index (κ1) is 22.7. The number of benzene rings is 1. The van der Waals surface area contributed by atoms with Crippen LogP contribution in [0.4, 0.5) is 13.2 Å². The second kappa shape index (κ2) is 10.3. The highest BCUT2D eigenvalue weighted by Gasteiger charge is 2.34. The van der Waals surface area contributed by atoms with Crippen molar-refractivity contribution in [3.8, 4) is 5.75 Å². The number of aliphatic carboxylic acids is 1. The van der Waals surface area contributed by atoms with Gasteiger partial charge in [0.2, 0.25) is 0 Å². The fraction of sp³-hybridized carbons (Fsp3) is 0.609. The monoisotopic (exact) mass is 426 g/mol. The summed E-state index contributed by atoms with van der Waals surface area (Å²) in [5.74, 6) is -0.304. The molecule has 1 aliphatic heterocycles. The van der Waals surface area contributed by atoms with Crippen LogP contribution in [-0.2, 0) is 22.1 Å². The summed E-state index contributed by atoms with van der Waals surface area (Å²) in [5, 5.41) is 8.77. The molecule has 166 valence electrons. The van der Waals surface area contributed by atoms with Gasteiger partial charge in [0, 0.05) is 6.42 Å². The summed E-state index contributed by atoms with van der Waals surface area (Å²) in [4.78, 5) is 10.7. The maximum Gasteiger partial charge on any atom is 0.416 e. The number of halogens is 3. The molecule has 0 bridgehead atoms. The number of hydrogen-bond acceptors (Lipinski definition) is 3. The van der Waals surface area contributed by atoms with Crippen molar-refractivity contribution in [2.24, 2.45) is 5.92 Å². The van der Waals surface area contributed by atoms with Crippen LogP contribution in [0.5, 0.6) is 5.75 Å². The van der Waals surface area contributed by atoms with E-state index in [-0.39, 0.29) is 30.8 Å². The highest BCUT2D eigenvalue weighted by molar-refractivity contribution is 5.67. The van der Waals surface area contributed by atoms with E-state index in [2.05, 4.69) is 0 Å². The van der Waals surface area contributed by atoms with Crippen molar-refractivity contribution in [1.82, 2.24) is 0 Å². The summed E-state index contributed by atoms with van der Waals surface area (Å²) in [6, 6.07) is 3.77. The van der Waals surface area contributed by atoms with Crippen LogP contribution in [0.2, 0.25) is 0 Å². The van der Waals surface area contributed by atoms with E-state index in [4.69, 9.17) is 14.6 Å². The standard InChI is InChI=1S/C23H29F3O4/c24-23(25,26)21-13-20(8-6-17(21)7-9-22(27)28)30-15-19-14-29-11-10-18(19)12-16-4-2-1-3-5-16/h6,8,13,16H,1-5,7,9-12,14-15H2,(H,27,28). The Morgan fingerprint density at radius 3 is 2.63 bits per heavy atom. The van der Waals surface area contributed by atoms with Crippen LogP contribution in [-0.4, -0.2) is 30.9 Å². The average molecular weight is 426 g/mol. The lowest BCUT2D eigenvalue weighted by Gasteiger charge is -2.27. The molecule has 0 saturated heterocycles. The topological polar surface area (TPSA) is 55.8 Å². The lowest BCUT2D eigenvalue weighted by atomic mass is 9.83. The fourth-order valence-electron chi connectivity index (χ4n) is 4.34. The molecule has 1 saturated carbocycles. The number of rotatable bonds is 8. The van der Waals surface area contributed by atoms with Crippen molar-refractivity contribution in [1.29, 1.82) is 0 Å². The zero-order chi connectivity index (χ0) is 21.6. The zero-order valence-electron chi connectivity index (χ0n) is 17.1. The number of carbonyl (C=O) groups is 1. The van der Waals surface area contributed by atoms with Crippen molar-refractivity contribution in [2.75, 3.05) is 19.8 Å². The third-order valence-corrected chi connectivity index (χ3v) is 5.99. The van der Waals surface area contributed by atoms with E-state index in [1.807, 2.05) is 0 Å². The molecule has 0 spiro atoms. The Hall–Kier alpha value is -2.02. The van der Waals surface area contributed by atoms with Crippen LogP contribution in [0.15, 0.2) is 29.3 Å². The lowest BCUT2D eigenvalue weighted by Crippen LogP contribution is -2.19. The molecular weight excluding hydrogens is 397 g/mol. The van der Waals surface area contributed by atoms with Crippen molar-refractivity contribution in [3.63, 3.8) is 0 Å². The van der Waals surface area contributed by atoms with Gasteiger partial charge in [-0.05, 0) is 48.4 Å². The molecule has 4 nitrogen and oxygen atoms in total. The fourth-order valence-corrected chi connectivity index (χ4v) is 4.34. The van der Waals surface area contributed by atoms with E-state index >= 15 is 0 Å². The normalized spacial score (nSPS) is 18.5. The summed E-state index contributed by atoms with van der Waals surface area (Å²) < 4.78 is 51.6. The lowest BCUT2D eigenvalue weighted by molar-refractivity contribution is -0.140. The van der Waals surface area contributed by atoms with Crippen LogP contribution in [0.3, 0.4) is 0 Å². The molecule has 3 rings (SSSR count). The maximum atomic E-state index is 13.4. The van der Waals surface area contributed by atoms with Gasteiger partial charge in [-0.3, -0.25) is 4.79 Å². The van der Waals surface area contributed by atoms with Crippen LogP contribution in [0, 0.1) is 5.92 Å². The van der Waals surface area contributed by atoms with Crippen LogP contribution < -0.4 is 4.74 Å². The molecule has 1 aromatic carbocycles. The Morgan fingerprint density at radius 2 is 1.93 bits per heavy atom. The van der Waals surface area contributed by atoms with Gasteiger partial charge in [-0.25, -0.2) is 0 Å². The Morgan fingerprint density at radius 1 is 1.17 bits per heavy atom. The Labute approximate surface area is 175 Å². The van der Waals surface area contributed by atoms with E-state index in [1.54, 1.807) is 0 Å². The van der Waals surface area contributed by atoms with E-state index < -0.39 is 17.7 Å². The van der Waals surface area contributed by atoms with Crippen molar-refractivity contribution in [2.45, 2.75) is 64.0 Å². The van der Waals surface area contributed by atoms with Gasteiger partial charge in [-0.15, -0.1) is 0 Å². The summed E-state index contributed by atoms with van der Waals surface area (Å²) >= 11 is 0. The first-order valence-electron chi connectivity index (χ1n) is 10.6. The van der Waals surface area contributed by atoms with Gasteiger partial charge in [0.25, 0.3) is 0 Å². The molecule has 2 aliphatic rings. The highest BCUT2D eigenvalue weighted by atomic mass is 19.4. The number of ether oxygens (including phenoxy) is 2. The number of carboxylic acid groups (broad SMARTS) is 1. The minimum absolute atomic E-state index is 0.0320. The quantitative estimate of drug-likeness (QED) is 0.535. The highest BCUT2D eigenvalue weighted by Crippen LogP contribution is 2.36. The van der Waals surface area contributed by atoms with E-state index in [1.165, 1.54) is 49.8 Å². The summed E-state index contributed by atoms with van der Waals surface area (Å²) in [6.07, 6.45) is 3.14. The van der Waals surface area contributed by atoms with Gasteiger partial charge in [0.15, 0.2) is 0 Å². The number of carboxylic acids is 1. The van der Waals surface area contributed by atoms with Gasteiger partial charge >= 0.3 is 12.1 Å². The third-order valence-electron chi connectivity index (χ3n) is 5.99. The molecule has 0 unspecified atom stereocenters. The average Bonchev–Trinajstić information content (AvgIpc) is 2.72. The first-order valence-corrected chi connectivity index (χ1v) is 10.6. The molecule has 30 heavy (non-hydrogen) atoms. The largest absolute Gasteiger partial charge is 0.489 e. The minimum Gasteiger partial charge on any atom is -0.489 e. The van der Waals surface area contributed by atoms with Crippen molar-refractivity contribution in [3.05, 3.63) is 40.5 Å².